The number of nitrogens with one attached hydrogen (secondary N) is 2. The van der Waals surface area contributed by atoms with Crippen molar-refractivity contribution in [1.82, 2.24) is 9.97 Å². The van der Waals surface area contributed by atoms with Crippen LogP contribution >= 0.6 is 0 Å². The normalized spacial score (nSPS) is 10.9. The first-order valence-electron chi connectivity index (χ1n) is 7.58. The number of H-pyrrole nitrogens is 2. The number of pyridine rings is 1. The van der Waals surface area contributed by atoms with E-state index in [2.05, 4.69) is 9.97 Å². The molecule has 0 bridgehead atoms. The highest BCUT2D eigenvalue weighted by Gasteiger charge is 2.18. The van der Waals surface area contributed by atoms with E-state index in [-0.39, 0.29) is 29.9 Å². The van der Waals surface area contributed by atoms with Gasteiger partial charge < -0.3 is 19.4 Å². The molecule has 0 unspecified atom stereocenters. The van der Waals surface area contributed by atoms with Crippen LogP contribution in [0.4, 0.5) is 0 Å². The molecule has 1 aromatic carbocycles. The van der Waals surface area contributed by atoms with E-state index in [0.29, 0.717) is 21.9 Å². The van der Waals surface area contributed by atoms with Crippen LogP contribution in [-0.4, -0.2) is 35.1 Å². The van der Waals surface area contributed by atoms with Gasteiger partial charge in [0, 0.05) is 22.5 Å². The van der Waals surface area contributed by atoms with Crippen LogP contribution in [0.1, 0.15) is 34.6 Å². The van der Waals surface area contributed by atoms with Crippen LogP contribution < -0.4 is 5.56 Å². The Hall–Kier alpha value is -3.09. The summed E-state index contributed by atoms with van der Waals surface area (Å²) < 4.78 is 9.99. The quantitative estimate of drug-likeness (QED) is 0.716. The highest BCUT2D eigenvalue weighted by molar-refractivity contribution is 6.15. The van der Waals surface area contributed by atoms with Gasteiger partial charge in [-0.1, -0.05) is 6.07 Å². The van der Waals surface area contributed by atoms with Crippen molar-refractivity contribution in [2.24, 2.45) is 0 Å². The van der Waals surface area contributed by atoms with Gasteiger partial charge in [0.15, 0.2) is 0 Å². The number of carbonyl (C=O) groups is 2. The molecule has 3 aromatic rings. The highest BCUT2D eigenvalue weighted by Crippen LogP contribution is 2.26. The van der Waals surface area contributed by atoms with E-state index in [9.17, 15) is 14.4 Å². The summed E-state index contributed by atoms with van der Waals surface area (Å²) in [5.41, 5.74) is 0.964. The molecule has 0 saturated carbocycles. The van der Waals surface area contributed by atoms with Crippen LogP contribution in [0.2, 0.25) is 0 Å². The van der Waals surface area contributed by atoms with Crippen molar-refractivity contribution >= 4 is 33.7 Å². The maximum absolute atomic E-state index is 12.2. The third-order valence-electron chi connectivity index (χ3n) is 3.65. The molecule has 0 atom stereocenters. The van der Waals surface area contributed by atoms with Crippen LogP contribution in [0, 0.1) is 0 Å². The van der Waals surface area contributed by atoms with Crippen molar-refractivity contribution in [3.63, 3.8) is 0 Å². The molecule has 0 aliphatic rings. The Labute approximate surface area is 136 Å². The van der Waals surface area contributed by atoms with E-state index in [1.807, 2.05) is 0 Å². The maximum Gasteiger partial charge on any atom is 0.340 e. The number of rotatable bonds is 4. The van der Waals surface area contributed by atoms with E-state index in [0.717, 1.165) is 0 Å². The van der Waals surface area contributed by atoms with Crippen LogP contribution in [0.5, 0.6) is 0 Å². The molecule has 7 heteroatoms. The number of fused-ring (bicyclic) bond motifs is 3. The second kappa shape index (κ2) is 6.19. The van der Waals surface area contributed by atoms with Crippen LogP contribution in [-0.2, 0) is 9.47 Å². The number of hydrogen-bond acceptors (Lipinski definition) is 5. The van der Waals surface area contributed by atoms with Gasteiger partial charge in [-0.2, -0.15) is 0 Å². The Balaban J connectivity index is 2.26. The number of ether oxygens (including phenoxy) is 2. The Morgan fingerprint density at radius 1 is 1.08 bits per heavy atom. The molecule has 2 N–H and O–H groups in total. The second-order valence-corrected chi connectivity index (χ2v) is 5.11. The van der Waals surface area contributed by atoms with Gasteiger partial charge in [-0.25, -0.2) is 9.59 Å². The molecule has 0 saturated heterocycles. The van der Waals surface area contributed by atoms with Gasteiger partial charge in [-0.15, -0.1) is 0 Å². The second-order valence-electron chi connectivity index (χ2n) is 5.11. The number of carbonyl (C=O) groups excluding carboxylic acids is 2. The van der Waals surface area contributed by atoms with E-state index < -0.39 is 11.9 Å². The lowest BCUT2D eigenvalue weighted by Gasteiger charge is -2.06. The zero-order valence-corrected chi connectivity index (χ0v) is 13.3. The summed E-state index contributed by atoms with van der Waals surface area (Å²) in [5.74, 6) is -0.981. The predicted octanol–water partition coefficient (Wildman–Crippen LogP) is 2.36. The van der Waals surface area contributed by atoms with E-state index in [4.69, 9.17) is 9.47 Å². The van der Waals surface area contributed by atoms with Crippen molar-refractivity contribution in [1.29, 1.82) is 0 Å². The van der Waals surface area contributed by atoms with Crippen molar-refractivity contribution in [2.45, 2.75) is 13.8 Å². The van der Waals surface area contributed by atoms with E-state index in [1.54, 1.807) is 26.0 Å². The summed E-state index contributed by atoms with van der Waals surface area (Å²) >= 11 is 0. The minimum atomic E-state index is -0.509. The van der Waals surface area contributed by atoms with E-state index >= 15 is 0 Å². The van der Waals surface area contributed by atoms with Gasteiger partial charge in [0.2, 0.25) is 0 Å². The molecule has 7 nitrogen and oxygen atoms in total. The molecule has 124 valence electrons. The number of esters is 2. The summed E-state index contributed by atoms with van der Waals surface area (Å²) in [6.07, 6.45) is 1.45. The summed E-state index contributed by atoms with van der Waals surface area (Å²) in [7, 11) is 0. The first kappa shape index (κ1) is 15.8. The molecule has 3 rings (SSSR count). The predicted molar refractivity (Wildman–Crippen MR) is 88.3 cm³/mol. The average molecular weight is 328 g/mol. The van der Waals surface area contributed by atoms with Crippen molar-refractivity contribution in [3.8, 4) is 0 Å². The molecule has 0 fully saturated rings. The Morgan fingerprint density at radius 3 is 2.50 bits per heavy atom. The van der Waals surface area contributed by atoms with Gasteiger partial charge in [0.25, 0.3) is 5.56 Å². The van der Waals surface area contributed by atoms with Gasteiger partial charge in [-0.05, 0) is 26.0 Å². The lowest BCUT2D eigenvalue weighted by molar-refractivity contribution is 0.0517. The monoisotopic (exact) mass is 328 g/mol. The van der Waals surface area contributed by atoms with Crippen LogP contribution in [0.25, 0.3) is 21.8 Å². The zero-order chi connectivity index (χ0) is 17.3. The van der Waals surface area contributed by atoms with Gasteiger partial charge in [0.05, 0.1) is 24.3 Å². The topological polar surface area (TPSA) is 101 Å². The van der Waals surface area contributed by atoms with E-state index in [1.165, 1.54) is 12.3 Å². The molecule has 0 spiro atoms. The number of aromatic nitrogens is 2. The molecular weight excluding hydrogens is 312 g/mol. The summed E-state index contributed by atoms with van der Waals surface area (Å²) in [4.78, 5) is 41.7. The third-order valence-corrected chi connectivity index (χ3v) is 3.65. The third kappa shape index (κ3) is 2.54. The zero-order valence-electron chi connectivity index (χ0n) is 13.3. The number of hydrogen-bond donors (Lipinski definition) is 2. The fraction of sp³-hybridized carbons (Fsp3) is 0.235. The molecule has 2 aromatic heterocycles. The highest BCUT2D eigenvalue weighted by atomic mass is 16.5. The molecule has 0 aliphatic heterocycles. The molecule has 0 amide bonds. The largest absolute Gasteiger partial charge is 0.462 e. The SMILES string of the molecule is CCOC(=O)c1ccc2c(c1)[nH]c(=O)c1[nH]cc(C(=O)OCC)c12. The van der Waals surface area contributed by atoms with Gasteiger partial charge in [-0.3, -0.25) is 4.79 Å². The Bertz CT molecular complexity index is 999. The average Bonchev–Trinajstić information content (AvgIpc) is 3.01. The van der Waals surface area contributed by atoms with Crippen LogP contribution in [0.15, 0.2) is 29.2 Å². The van der Waals surface area contributed by atoms with Crippen molar-refractivity contribution in [3.05, 3.63) is 45.9 Å². The summed E-state index contributed by atoms with van der Waals surface area (Å²) in [5, 5.41) is 1.12. The smallest absolute Gasteiger partial charge is 0.340 e. The molecule has 0 aliphatic carbocycles. The first-order valence-corrected chi connectivity index (χ1v) is 7.58. The van der Waals surface area contributed by atoms with Crippen molar-refractivity contribution < 1.29 is 19.1 Å². The summed E-state index contributed by atoms with van der Waals surface area (Å²) in [6.45, 7) is 3.93. The lowest BCUT2D eigenvalue weighted by Crippen LogP contribution is -2.09. The minimum Gasteiger partial charge on any atom is -0.462 e. The Morgan fingerprint density at radius 2 is 1.79 bits per heavy atom. The fourth-order valence-electron chi connectivity index (χ4n) is 2.64. The number of aromatic amines is 2. The van der Waals surface area contributed by atoms with Crippen molar-refractivity contribution in [2.75, 3.05) is 13.2 Å². The van der Waals surface area contributed by atoms with Crippen LogP contribution in [0.3, 0.4) is 0 Å². The first-order chi connectivity index (χ1) is 11.6. The van der Waals surface area contributed by atoms with Gasteiger partial charge >= 0.3 is 11.9 Å². The molecule has 24 heavy (non-hydrogen) atoms. The molecule has 2 heterocycles. The molecular formula is C17H16N2O5. The number of benzene rings is 1. The molecule has 0 radical (unpaired) electrons. The lowest BCUT2D eigenvalue weighted by atomic mass is 10.1. The maximum atomic E-state index is 12.2. The standard InChI is InChI=1S/C17H16N2O5/c1-3-23-16(21)9-5-6-10-12(7-9)19-15(20)14-13(10)11(8-18-14)17(22)24-4-2/h5-8,18H,3-4H2,1-2H3,(H,19,20). The van der Waals surface area contributed by atoms with Gasteiger partial charge in [0.1, 0.15) is 5.52 Å². The Kier molecular flexibility index (Phi) is 4.07. The summed E-state index contributed by atoms with van der Waals surface area (Å²) in [6, 6.07) is 4.81. The minimum absolute atomic E-state index is 0.236. The fourth-order valence-corrected chi connectivity index (χ4v) is 2.64.